The number of nitrogens with zero attached hydrogens (tertiary/aromatic N) is 2. The second-order valence-corrected chi connectivity index (χ2v) is 7.58. The molecule has 3 aromatic rings. The van der Waals surface area contributed by atoms with Crippen LogP contribution in [-0.4, -0.2) is 24.5 Å². The number of aryl methyl sites for hydroxylation is 1. The molecule has 0 saturated carbocycles. The van der Waals surface area contributed by atoms with E-state index in [1.165, 1.54) is 24.3 Å². The van der Waals surface area contributed by atoms with Crippen LogP contribution in [0, 0.1) is 0 Å². The molecular weight excluding hydrogens is 392 g/mol. The van der Waals surface area contributed by atoms with Crippen molar-refractivity contribution in [3.63, 3.8) is 0 Å². The minimum atomic E-state index is -3.77. The van der Waals surface area contributed by atoms with Crippen LogP contribution in [-0.2, 0) is 21.2 Å². The Hall–Kier alpha value is -2.75. The van der Waals surface area contributed by atoms with Crippen LogP contribution in [0.1, 0.15) is 12.3 Å². The van der Waals surface area contributed by atoms with Crippen molar-refractivity contribution in [1.82, 2.24) is 10.1 Å². The molecular formula is C17H15ClN4O4S. The molecule has 3 N–H and O–H groups in total. The van der Waals surface area contributed by atoms with Crippen molar-refractivity contribution in [2.45, 2.75) is 17.7 Å². The predicted molar refractivity (Wildman–Crippen MR) is 99.5 cm³/mol. The number of hydrogen-bond donors (Lipinski definition) is 2. The lowest BCUT2D eigenvalue weighted by Gasteiger charge is -2.05. The monoisotopic (exact) mass is 406 g/mol. The highest BCUT2D eigenvalue weighted by molar-refractivity contribution is 7.89. The number of carbonyl (C=O) groups is 1. The molecule has 8 nitrogen and oxygen atoms in total. The van der Waals surface area contributed by atoms with E-state index >= 15 is 0 Å². The van der Waals surface area contributed by atoms with Crippen molar-refractivity contribution in [1.29, 1.82) is 0 Å². The molecule has 1 amide bonds. The molecule has 10 heteroatoms. The first-order chi connectivity index (χ1) is 12.8. The molecule has 0 unspecified atom stereocenters. The molecule has 2 aromatic carbocycles. The van der Waals surface area contributed by atoms with Gasteiger partial charge in [-0.25, -0.2) is 13.6 Å². The summed E-state index contributed by atoms with van der Waals surface area (Å²) in [4.78, 5) is 16.2. The minimum Gasteiger partial charge on any atom is -0.339 e. The summed E-state index contributed by atoms with van der Waals surface area (Å²) >= 11 is 6.09. The molecule has 0 aliphatic heterocycles. The van der Waals surface area contributed by atoms with Crippen LogP contribution in [0.2, 0.25) is 5.02 Å². The summed E-state index contributed by atoms with van der Waals surface area (Å²) in [7, 11) is -3.77. The van der Waals surface area contributed by atoms with Gasteiger partial charge in [-0.3, -0.25) is 4.79 Å². The van der Waals surface area contributed by atoms with Crippen molar-refractivity contribution >= 4 is 33.2 Å². The standard InChI is InChI=1S/C17H15ClN4O4S/c18-14-4-2-1-3-13(14)17-21-16(26-22-17)10-9-15(23)20-11-5-7-12(8-6-11)27(19,24)25/h1-8H,9-10H2,(H,20,23)(H2,19,24,25). The summed E-state index contributed by atoms with van der Waals surface area (Å²) in [5, 5.41) is 12.1. The number of aromatic nitrogens is 2. The van der Waals surface area contributed by atoms with E-state index in [0.29, 0.717) is 28.0 Å². The van der Waals surface area contributed by atoms with E-state index in [9.17, 15) is 13.2 Å². The Morgan fingerprint density at radius 1 is 1.15 bits per heavy atom. The van der Waals surface area contributed by atoms with E-state index in [1.807, 2.05) is 6.07 Å². The molecule has 27 heavy (non-hydrogen) atoms. The molecule has 0 fully saturated rings. The Balaban J connectivity index is 1.58. The predicted octanol–water partition coefficient (Wildman–Crippen LogP) is 2.61. The molecule has 140 valence electrons. The number of benzene rings is 2. The highest BCUT2D eigenvalue weighted by atomic mass is 35.5. The van der Waals surface area contributed by atoms with Gasteiger partial charge in [-0.05, 0) is 36.4 Å². The van der Waals surface area contributed by atoms with E-state index in [4.69, 9.17) is 21.3 Å². The second kappa shape index (κ2) is 7.87. The molecule has 0 spiro atoms. The average molecular weight is 407 g/mol. The normalized spacial score (nSPS) is 11.3. The van der Waals surface area contributed by atoms with Gasteiger partial charge in [0.25, 0.3) is 0 Å². The lowest BCUT2D eigenvalue weighted by atomic mass is 10.2. The number of sulfonamides is 1. The summed E-state index contributed by atoms with van der Waals surface area (Å²) in [6.07, 6.45) is 0.361. The third-order valence-electron chi connectivity index (χ3n) is 3.62. The summed E-state index contributed by atoms with van der Waals surface area (Å²) in [5.74, 6) is 0.384. The van der Waals surface area contributed by atoms with Gasteiger partial charge in [0.1, 0.15) is 0 Å². The van der Waals surface area contributed by atoms with Crippen molar-refractivity contribution in [3.05, 3.63) is 59.4 Å². The van der Waals surface area contributed by atoms with Crippen LogP contribution < -0.4 is 10.5 Å². The number of rotatable bonds is 6. The van der Waals surface area contributed by atoms with Crippen LogP contribution in [0.5, 0.6) is 0 Å². The van der Waals surface area contributed by atoms with E-state index in [1.54, 1.807) is 18.2 Å². The van der Waals surface area contributed by atoms with E-state index < -0.39 is 10.0 Å². The lowest BCUT2D eigenvalue weighted by molar-refractivity contribution is -0.116. The Morgan fingerprint density at radius 3 is 2.52 bits per heavy atom. The van der Waals surface area contributed by atoms with Gasteiger partial charge in [-0.2, -0.15) is 4.98 Å². The van der Waals surface area contributed by atoms with Gasteiger partial charge in [0.05, 0.1) is 9.92 Å². The molecule has 3 rings (SSSR count). The van der Waals surface area contributed by atoms with Crippen molar-refractivity contribution in [3.8, 4) is 11.4 Å². The molecule has 0 atom stereocenters. The summed E-state index contributed by atoms with van der Waals surface area (Å²) in [6, 6.07) is 12.7. The second-order valence-electron chi connectivity index (χ2n) is 5.61. The maximum absolute atomic E-state index is 12.0. The Kier molecular flexibility index (Phi) is 5.54. The smallest absolute Gasteiger partial charge is 0.238 e. The summed E-state index contributed by atoms with van der Waals surface area (Å²) < 4.78 is 27.6. The molecule has 1 aromatic heterocycles. The Bertz CT molecular complexity index is 1060. The highest BCUT2D eigenvalue weighted by Gasteiger charge is 2.13. The van der Waals surface area contributed by atoms with E-state index in [-0.39, 0.29) is 23.6 Å². The van der Waals surface area contributed by atoms with Gasteiger partial charge in [0.15, 0.2) is 0 Å². The van der Waals surface area contributed by atoms with E-state index in [0.717, 1.165) is 0 Å². The number of halogens is 1. The Morgan fingerprint density at radius 2 is 1.85 bits per heavy atom. The highest BCUT2D eigenvalue weighted by Crippen LogP contribution is 2.25. The zero-order chi connectivity index (χ0) is 19.4. The van der Waals surface area contributed by atoms with Crippen LogP contribution in [0.25, 0.3) is 11.4 Å². The van der Waals surface area contributed by atoms with Crippen LogP contribution in [0.15, 0.2) is 57.9 Å². The maximum atomic E-state index is 12.0. The van der Waals surface area contributed by atoms with Gasteiger partial charge in [-0.1, -0.05) is 28.9 Å². The molecule has 0 aliphatic rings. The van der Waals surface area contributed by atoms with Crippen LogP contribution in [0.4, 0.5) is 5.69 Å². The fourth-order valence-corrected chi connectivity index (χ4v) is 3.02. The van der Waals surface area contributed by atoms with Gasteiger partial charge in [-0.15, -0.1) is 0 Å². The van der Waals surface area contributed by atoms with Gasteiger partial charge in [0.2, 0.25) is 27.6 Å². The van der Waals surface area contributed by atoms with Crippen molar-refractivity contribution in [2.24, 2.45) is 5.14 Å². The van der Waals surface area contributed by atoms with Crippen molar-refractivity contribution in [2.75, 3.05) is 5.32 Å². The van der Waals surface area contributed by atoms with Crippen LogP contribution in [0.3, 0.4) is 0 Å². The largest absolute Gasteiger partial charge is 0.339 e. The number of primary sulfonamides is 1. The third-order valence-corrected chi connectivity index (χ3v) is 4.87. The number of nitrogens with two attached hydrogens (primary N) is 1. The number of amides is 1. The number of anilines is 1. The zero-order valence-electron chi connectivity index (χ0n) is 13.9. The molecule has 0 radical (unpaired) electrons. The summed E-state index contributed by atoms with van der Waals surface area (Å²) in [6.45, 7) is 0. The van der Waals surface area contributed by atoms with Crippen LogP contribution >= 0.6 is 11.6 Å². The van der Waals surface area contributed by atoms with Gasteiger partial charge in [0, 0.05) is 24.1 Å². The topological polar surface area (TPSA) is 128 Å². The summed E-state index contributed by atoms with van der Waals surface area (Å²) in [5.41, 5.74) is 1.10. The molecule has 0 bridgehead atoms. The number of carbonyl (C=O) groups excluding carboxylic acids is 1. The lowest BCUT2D eigenvalue weighted by Crippen LogP contribution is -2.14. The fourth-order valence-electron chi connectivity index (χ4n) is 2.28. The number of hydrogen-bond acceptors (Lipinski definition) is 6. The van der Waals surface area contributed by atoms with Crippen molar-refractivity contribution < 1.29 is 17.7 Å². The first-order valence-corrected chi connectivity index (χ1v) is 9.75. The average Bonchev–Trinajstić information content (AvgIpc) is 3.09. The zero-order valence-corrected chi connectivity index (χ0v) is 15.5. The molecule has 0 aliphatic carbocycles. The molecule has 0 saturated heterocycles. The maximum Gasteiger partial charge on any atom is 0.238 e. The first kappa shape index (κ1) is 19.0. The van der Waals surface area contributed by atoms with E-state index in [2.05, 4.69) is 15.5 Å². The minimum absolute atomic E-state index is 0.0292. The fraction of sp³-hybridized carbons (Fsp3) is 0.118. The quantitative estimate of drug-likeness (QED) is 0.647. The van der Waals surface area contributed by atoms with Gasteiger partial charge < -0.3 is 9.84 Å². The molecule has 1 heterocycles. The Labute approximate surface area is 160 Å². The van der Waals surface area contributed by atoms with Gasteiger partial charge >= 0.3 is 0 Å². The third kappa shape index (κ3) is 4.91. The first-order valence-electron chi connectivity index (χ1n) is 7.83. The number of nitrogens with one attached hydrogen (secondary N) is 1. The SMILES string of the molecule is NS(=O)(=O)c1ccc(NC(=O)CCc2nc(-c3ccccc3Cl)no2)cc1.